The number of hydrogen-bond acceptors (Lipinski definition) is 1. The molecule has 1 amide bonds. The summed E-state index contributed by atoms with van der Waals surface area (Å²) in [5.74, 6) is -0.0854. The van der Waals surface area contributed by atoms with Gasteiger partial charge in [0, 0.05) is 20.0 Å². The Balaban J connectivity index is 0.00000196. The second kappa shape index (κ2) is 6.44. The third kappa shape index (κ3) is 6.11. The van der Waals surface area contributed by atoms with Gasteiger partial charge in [-0.05, 0) is 6.42 Å². The summed E-state index contributed by atoms with van der Waals surface area (Å²) in [5.41, 5.74) is 0.412. The molecule has 0 aliphatic carbocycles. The summed E-state index contributed by atoms with van der Waals surface area (Å²) < 4.78 is 36.1. The van der Waals surface area contributed by atoms with Gasteiger partial charge in [0.05, 0.1) is 0 Å². The van der Waals surface area contributed by atoms with Gasteiger partial charge in [-0.1, -0.05) is 18.0 Å². The largest absolute Gasteiger partial charge is 1.00 e. The molecule has 0 atom stereocenters. The van der Waals surface area contributed by atoms with E-state index in [1.807, 2.05) is 0 Å². The molecule has 0 bridgehead atoms. The average Bonchev–Trinajstić information content (AvgIpc) is 2.02. The molecule has 2 nitrogen and oxygen atoms in total. The Morgan fingerprint density at radius 3 is 2.47 bits per heavy atom. The van der Waals surface area contributed by atoms with Crippen molar-refractivity contribution in [1.29, 1.82) is 0 Å². The van der Waals surface area contributed by atoms with Crippen LogP contribution in [0.5, 0.6) is 0 Å². The zero-order valence-electron chi connectivity index (χ0n) is 8.97. The first-order chi connectivity index (χ1) is 6.38. The van der Waals surface area contributed by atoms with Crippen LogP contribution in [0.25, 0.3) is 0 Å². The van der Waals surface area contributed by atoms with Gasteiger partial charge in [0.25, 0.3) is 0 Å². The summed E-state index contributed by atoms with van der Waals surface area (Å²) in [4.78, 5) is 12.4. The van der Waals surface area contributed by atoms with E-state index in [0.29, 0.717) is 25.1 Å². The number of amides is 1. The van der Waals surface area contributed by atoms with Crippen molar-refractivity contribution in [2.45, 2.75) is 19.7 Å². The summed E-state index contributed by atoms with van der Waals surface area (Å²) in [6.07, 6.45) is 1.08. The van der Waals surface area contributed by atoms with Crippen molar-refractivity contribution in [2.75, 3.05) is 13.1 Å². The molecular formula is C8H12BF3KNO. The maximum atomic E-state index is 12.0. The van der Waals surface area contributed by atoms with Crippen molar-refractivity contribution in [3.05, 3.63) is 11.6 Å². The predicted octanol–water partition coefficient (Wildman–Crippen LogP) is -0.984. The van der Waals surface area contributed by atoms with Crippen LogP contribution in [-0.4, -0.2) is 30.9 Å². The number of halogens is 3. The van der Waals surface area contributed by atoms with Crippen LogP contribution in [0.1, 0.15) is 13.3 Å². The van der Waals surface area contributed by atoms with Gasteiger partial charge in [0.15, 0.2) is 0 Å². The Bertz CT molecular complexity index is 267. The van der Waals surface area contributed by atoms with Crippen LogP contribution >= 0.6 is 0 Å². The predicted molar refractivity (Wildman–Crippen MR) is 48.8 cm³/mol. The summed E-state index contributed by atoms with van der Waals surface area (Å²) in [7, 11) is 0. The molecule has 0 unspecified atom stereocenters. The molecule has 0 aromatic carbocycles. The van der Waals surface area contributed by atoms with Crippen molar-refractivity contribution in [1.82, 2.24) is 4.90 Å². The van der Waals surface area contributed by atoms with Gasteiger partial charge in [0.1, 0.15) is 0 Å². The zero-order chi connectivity index (χ0) is 10.8. The van der Waals surface area contributed by atoms with Crippen molar-refractivity contribution in [3.63, 3.8) is 0 Å². The Morgan fingerprint density at radius 1 is 1.53 bits per heavy atom. The minimum absolute atomic E-state index is 0. The summed E-state index contributed by atoms with van der Waals surface area (Å²) in [6.45, 7) is -2.58. The summed E-state index contributed by atoms with van der Waals surface area (Å²) >= 11 is 0. The van der Waals surface area contributed by atoms with Crippen LogP contribution in [0.2, 0.25) is 6.32 Å². The Labute approximate surface area is 130 Å². The molecule has 15 heavy (non-hydrogen) atoms. The van der Waals surface area contributed by atoms with Gasteiger partial charge in [-0.2, -0.15) is 0 Å². The van der Waals surface area contributed by atoms with E-state index in [1.54, 1.807) is 0 Å². The van der Waals surface area contributed by atoms with Crippen LogP contribution in [0.15, 0.2) is 11.6 Å². The number of rotatable bonds is 2. The van der Waals surface area contributed by atoms with E-state index >= 15 is 0 Å². The molecule has 1 heterocycles. The van der Waals surface area contributed by atoms with Crippen LogP contribution in [0.4, 0.5) is 12.9 Å². The second-order valence-corrected chi connectivity index (χ2v) is 3.49. The molecule has 0 fully saturated rings. The first kappa shape index (κ1) is 15.7. The SMILES string of the molecule is CC(=O)N1CC=C(C[B-](F)(F)F)CC1.[K+]. The molecule has 1 aliphatic rings. The minimum atomic E-state index is -4.73. The van der Waals surface area contributed by atoms with Crippen LogP contribution < -0.4 is 51.4 Å². The Morgan fingerprint density at radius 2 is 2.13 bits per heavy atom. The average molecular weight is 245 g/mol. The molecular weight excluding hydrogens is 233 g/mol. The standard InChI is InChI=1S/C8H12BF3NO.K/c1-7(14)13-4-2-8(3-5-13)6-9(10,11)12;/h2H,3-6H2,1H3;/q-1;+1. The Kier molecular flexibility index (Phi) is 6.74. The maximum absolute atomic E-state index is 12.0. The molecule has 0 aromatic heterocycles. The van der Waals surface area contributed by atoms with E-state index in [-0.39, 0.29) is 57.3 Å². The van der Waals surface area contributed by atoms with Crippen molar-refractivity contribution < 1.29 is 69.1 Å². The van der Waals surface area contributed by atoms with Gasteiger partial charge in [-0.25, -0.2) is 0 Å². The van der Waals surface area contributed by atoms with E-state index in [9.17, 15) is 17.7 Å². The molecule has 0 radical (unpaired) electrons. The fourth-order valence-electron chi connectivity index (χ4n) is 1.48. The van der Waals surface area contributed by atoms with E-state index in [1.165, 1.54) is 17.9 Å². The molecule has 0 aromatic rings. The van der Waals surface area contributed by atoms with Crippen LogP contribution in [-0.2, 0) is 4.79 Å². The third-order valence-corrected chi connectivity index (χ3v) is 2.24. The van der Waals surface area contributed by atoms with Gasteiger partial charge < -0.3 is 17.8 Å². The molecule has 80 valence electrons. The van der Waals surface area contributed by atoms with E-state index in [2.05, 4.69) is 0 Å². The van der Waals surface area contributed by atoms with Crippen LogP contribution in [0, 0.1) is 0 Å². The molecule has 0 saturated heterocycles. The fourth-order valence-corrected chi connectivity index (χ4v) is 1.48. The normalized spacial score (nSPS) is 16.8. The zero-order valence-corrected chi connectivity index (χ0v) is 12.1. The summed E-state index contributed by atoms with van der Waals surface area (Å²) in [5, 5.41) is 0. The minimum Gasteiger partial charge on any atom is -0.449 e. The first-order valence-corrected chi connectivity index (χ1v) is 4.53. The van der Waals surface area contributed by atoms with Crippen molar-refractivity contribution in [3.8, 4) is 0 Å². The smallest absolute Gasteiger partial charge is 0.449 e. The van der Waals surface area contributed by atoms with Gasteiger partial charge in [-0.15, -0.1) is 0 Å². The quantitative estimate of drug-likeness (QED) is 0.452. The van der Waals surface area contributed by atoms with Crippen molar-refractivity contribution in [2.24, 2.45) is 0 Å². The molecule has 1 rings (SSSR count). The number of nitrogens with zero attached hydrogens (tertiary/aromatic N) is 1. The Hall–Kier alpha value is 0.701. The molecule has 0 spiro atoms. The van der Waals surface area contributed by atoms with Crippen molar-refractivity contribution >= 4 is 12.9 Å². The molecule has 0 saturated carbocycles. The number of carbonyl (C=O) groups excluding carboxylic acids is 1. The maximum Gasteiger partial charge on any atom is 1.00 e. The number of hydrogen-bond donors (Lipinski definition) is 0. The second-order valence-electron chi connectivity index (χ2n) is 3.49. The third-order valence-electron chi connectivity index (χ3n) is 2.24. The van der Waals surface area contributed by atoms with Crippen LogP contribution in [0.3, 0.4) is 0 Å². The topological polar surface area (TPSA) is 20.3 Å². The van der Waals surface area contributed by atoms with E-state index in [0.717, 1.165) is 0 Å². The monoisotopic (exact) mass is 245 g/mol. The fraction of sp³-hybridized carbons (Fsp3) is 0.625. The van der Waals surface area contributed by atoms with E-state index in [4.69, 9.17) is 0 Å². The van der Waals surface area contributed by atoms with Gasteiger partial charge >= 0.3 is 58.4 Å². The molecule has 7 heteroatoms. The van der Waals surface area contributed by atoms with Gasteiger partial charge in [-0.3, -0.25) is 4.79 Å². The molecule has 1 aliphatic heterocycles. The molecule has 0 N–H and O–H groups in total. The van der Waals surface area contributed by atoms with E-state index < -0.39 is 13.3 Å². The first-order valence-electron chi connectivity index (χ1n) is 4.53. The summed E-state index contributed by atoms with van der Waals surface area (Å²) in [6, 6.07) is 0. The number of carbonyl (C=O) groups is 1. The van der Waals surface area contributed by atoms with Gasteiger partial charge in [0.2, 0.25) is 5.91 Å².